The number of rotatable bonds is 2. The zero-order valence-corrected chi connectivity index (χ0v) is 10.7. The topological polar surface area (TPSA) is 20.2 Å². The molecule has 0 spiro atoms. The van der Waals surface area contributed by atoms with E-state index in [1.165, 1.54) is 30.3 Å². The molecule has 20 heavy (non-hydrogen) atoms. The molecular formula is C14H9ClF4O. The van der Waals surface area contributed by atoms with Crippen molar-refractivity contribution in [2.75, 3.05) is 0 Å². The fraction of sp³-hybridized carbons (Fsp3) is 0.143. The van der Waals surface area contributed by atoms with Crippen LogP contribution in [-0.2, 0) is 5.60 Å². The summed E-state index contributed by atoms with van der Waals surface area (Å²) in [6.07, 6.45) is -5.12. The Morgan fingerprint density at radius 1 is 0.850 bits per heavy atom. The Labute approximate surface area is 117 Å². The van der Waals surface area contributed by atoms with Gasteiger partial charge < -0.3 is 5.11 Å². The van der Waals surface area contributed by atoms with Gasteiger partial charge in [-0.1, -0.05) is 48.0 Å². The Morgan fingerprint density at radius 2 is 1.35 bits per heavy atom. The number of benzene rings is 2. The number of hydrogen-bond donors (Lipinski definition) is 1. The molecule has 0 aliphatic carbocycles. The summed E-state index contributed by atoms with van der Waals surface area (Å²) in [7, 11) is 0. The van der Waals surface area contributed by atoms with Crippen LogP contribution < -0.4 is 0 Å². The van der Waals surface area contributed by atoms with Gasteiger partial charge in [0.05, 0.1) is 0 Å². The van der Waals surface area contributed by atoms with Gasteiger partial charge in [0.25, 0.3) is 0 Å². The highest BCUT2D eigenvalue weighted by molar-refractivity contribution is 6.31. The van der Waals surface area contributed by atoms with Gasteiger partial charge >= 0.3 is 6.18 Å². The fourth-order valence-corrected chi connectivity index (χ4v) is 2.23. The molecule has 0 fully saturated rings. The molecule has 106 valence electrons. The third-order valence-corrected chi connectivity index (χ3v) is 3.27. The van der Waals surface area contributed by atoms with E-state index >= 15 is 0 Å². The molecule has 1 N–H and O–H groups in total. The SMILES string of the molecule is OC(c1ccccc1F)(c1ccccc1Cl)C(F)(F)F. The zero-order chi connectivity index (χ0) is 15.0. The molecule has 1 nitrogen and oxygen atoms in total. The van der Waals surface area contributed by atoms with Gasteiger partial charge in [-0.25, -0.2) is 4.39 Å². The van der Waals surface area contributed by atoms with Gasteiger partial charge in [-0.3, -0.25) is 0 Å². The summed E-state index contributed by atoms with van der Waals surface area (Å²) in [4.78, 5) is 0. The van der Waals surface area contributed by atoms with Crippen molar-refractivity contribution in [1.29, 1.82) is 0 Å². The maximum Gasteiger partial charge on any atom is 0.425 e. The van der Waals surface area contributed by atoms with E-state index in [2.05, 4.69) is 0 Å². The Bertz CT molecular complexity index is 579. The van der Waals surface area contributed by atoms with Crippen LogP contribution >= 0.6 is 11.6 Å². The standard InChI is InChI=1S/C14H9ClF4O/c15-11-7-3-1-5-9(11)13(20,14(17,18)19)10-6-2-4-8-12(10)16/h1-8,20H. The normalized spacial score (nSPS) is 14.9. The molecule has 2 aromatic carbocycles. The molecule has 0 radical (unpaired) electrons. The first kappa shape index (κ1) is 14.8. The first-order valence-electron chi connectivity index (χ1n) is 5.57. The highest BCUT2D eigenvalue weighted by atomic mass is 35.5. The smallest absolute Gasteiger partial charge is 0.372 e. The Kier molecular flexibility index (Phi) is 3.75. The molecule has 2 rings (SSSR count). The lowest BCUT2D eigenvalue weighted by atomic mass is 9.85. The lowest BCUT2D eigenvalue weighted by Crippen LogP contribution is -2.44. The number of aliphatic hydroxyl groups is 1. The third kappa shape index (κ3) is 2.27. The van der Waals surface area contributed by atoms with Crippen LogP contribution in [0.15, 0.2) is 48.5 Å². The van der Waals surface area contributed by atoms with E-state index < -0.39 is 28.7 Å². The van der Waals surface area contributed by atoms with Gasteiger partial charge in [0.15, 0.2) is 0 Å². The van der Waals surface area contributed by atoms with Crippen molar-refractivity contribution in [3.8, 4) is 0 Å². The molecule has 1 unspecified atom stereocenters. The van der Waals surface area contributed by atoms with E-state index in [0.717, 1.165) is 18.2 Å². The van der Waals surface area contributed by atoms with Crippen LogP contribution in [0, 0.1) is 5.82 Å². The number of alkyl halides is 3. The molecule has 0 saturated heterocycles. The molecule has 0 saturated carbocycles. The predicted octanol–water partition coefficient (Wildman–Crippen LogP) is 4.28. The number of halogens is 5. The van der Waals surface area contributed by atoms with Crippen molar-refractivity contribution < 1.29 is 22.7 Å². The van der Waals surface area contributed by atoms with E-state index in [1.54, 1.807) is 0 Å². The molecular weight excluding hydrogens is 296 g/mol. The van der Waals surface area contributed by atoms with E-state index in [9.17, 15) is 22.7 Å². The van der Waals surface area contributed by atoms with Gasteiger partial charge in [-0.2, -0.15) is 13.2 Å². The van der Waals surface area contributed by atoms with Crippen LogP contribution in [0.3, 0.4) is 0 Å². The zero-order valence-electron chi connectivity index (χ0n) is 9.96. The third-order valence-electron chi connectivity index (χ3n) is 2.94. The highest BCUT2D eigenvalue weighted by Crippen LogP contribution is 2.46. The summed E-state index contributed by atoms with van der Waals surface area (Å²) in [6.45, 7) is 0. The second-order valence-electron chi connectivity index (χ2n) is 4.17. The molecule has 0 bridgehead atoms. The highest BCUT2D eigenvalue weighted by Gasteiger charge is 2.58. The Morgan fingerprint density at radius 3 is 1.85 bits per heavy atom. The predicted molar refractivity (Wildman–Crippen MR) is 66.9 cm³/mol. The average Bonchev–Trinajstić information content (AvgIpc) is 2.37. The second kappa shape index (κ2) is 5.07. The number of hydrogen-bond acceptors (Lipinski definition) is 1. The summed E-state index contributed by atoms with van der Waals surface area (Å²) in [5, 5.41) is 9.91. The minimum atomic E-state index is -5.12. The minimum Gasteiger partial charge on any atom is -0.372 e. The molecule has 0 amide bonds. The molecule has 6 heteroatoms. The van der Waals surface area contributed by atoms with Crippen LogP contribution in [-0.4, -0.2) is 11.3 Å². The van der Waals surface area contributed by atoms with E-state index in [4.69, 9.17) is 11.6 Å². The molecule has 0 aliphatic heterocycles. The van der Waals surface area contributed by atoms with Crippen LogP contribution in [0.5, 0.6) is 0 Å². The van der Waals surface area contributed by atoms with Gasteiger partial charge in [0, 0.05) is 16.1 Å². The quantitative estimate of drug-likeness (QED) is 0.821. The van der Waals surface area contributed by atoms with E-state index in [1.807, 2.05) is 0 Å². The summed E-state index contributed by atoms with van der Waals surface area (Å²) >= 11 is 5.73. The van der Waals surface area contributed by atoms with Crippen molar-refractivity contribution in [3.63, 3.8) is 0 Å². The van der Waals surface area contributed by atoms with Crippen LogP contribution in [0.4, 0.5) is 17.6 Å². The molecule has 2 aromatic rings. The van der Waals surface area contributed by atoms with E-state index in [-0.39, 0.29) is 5.02 Å². The second-order valence-corrected chi connectivity index (χ2v) is 4.58. The monoisotopic (exact) mass is 304 g/mol. The van der Waals surface area contributed by atoms with E-state index in [0.29, 0.717) is 0 Å². The first-order chi connectivity index (χ1) is 9.28. The van der Waals surface area contributed by atoms with Crippen molar-refractivity contribution in [1.82, 2.24) is 0 Å². The maximum absolute atomic E-state index is 13.7. The Hall–Kier alpha value is -1.59. The summed E-state index contributed by atoms with van der Waals surface area (Å²) in [5.41, 5.74) is -5.00. The summed E-state index contributed by atoms with van der Waals surface area (Å²) in [6, 6.07) is 9.11. The van der Waals surface area contributed by atoms with Crippen molar-refractivity contribution in [2.45, 2.75) is 11.8 Å². The first-order valence-corrected chi connectivity index (χ1v) is 5.95. The van der Waals surface area contributed by atoms with Crippen LogP contribution in [0.2, 0.25) is 5.02 Å². The largest absolute Gasteiger partial charge is 0.425 e. The van der Waals surface area contributed by atoms with Gasteiger partial charge in [-0.15, -0.1) is 0 Å². The molecule has 0 aromatic heterocycles. The van der Waals surface area contributed by atoms with Gasteiger partial charge in [0.1, 0.15) is 5.82 Å². The Balaban J connectivity index is 2.78. The summed E-state index contributed by atoms with van der Waals surface area (Å²) < 4.78 is 53.8. The molecule has 1 atom stereocenters. The molecule has 0 heterocycles. The minimum absolute atomic E-state index is 0.296. The summed E-state index contributed by atoms with van der Waals surface area (Å²) in [5.74, 6) is -1.16. The lowest BCUT2D eigenvalue weighted by molar-refractivity contribution is -0.249. The van der Waals surface area contributed by atoms with Crippen LogP contribution in [0.1, 0.15) is 11.1 Å². The molecule has 0 aliphatic rings. The van der Waals surface area contributed by atoms with Gasteiger partial charge in [-0.05, 0) is 12.1 Å². The van der Waals surface area contributed by atoms with Crippen molar-refractivity contribution in [3.05, 3.63) is 70.5 Å². The van der Waals surface area contributed by atoms with Crippen molar-refractivity contribution >= 4 is 11.6 Å². The fourth-order valence-electron chi connectivity index (χ4n) is 1.96. The van der Waals surface area contributed by atoms with Crippen molar-refractivity contribution in [2.24, 2.45) is 0 Å². The average molecular weight is 305 g/mol. The maximum atomic E-state index is 13.7. The van der Waals surface area contributed by atoms with Gasteiger partial charge in [0.2, 0.25) is 5.60 Å². The van der Waals surface area contributed by atoms with Crippen LogP contribution in [0.25, 0.3) is 0 Å². The lowest BCUT2D eigenvalue weighted by Gasteiger charge is -2.32.